The molecule has 1 amide bonds. The van der Waals surface area contributed by atoms with Crippen LogP contribution in [0.25, 0.3) is 0 Å². The number of hydrogen-bond acceptors (Lipinski definition) is 3. The Morgan fingerprint density at radius 3 is 2.50 bits per heavy atom. The van der Waals surface area contributed by atoms with Gasteiger partial charge in [0.1, 0.15) is 16.5 Å². The maximum Gasteiger partial charge on any atom is 0.246 e. The Balaban J connectivity index is 1.58. The summed E-state index contributed by atoms with van der Waals surface area (Å²) in [5.74, 6) is -1.58. The molecular formula is C18H22F2N2O3S. The van der Waals surface area contributed by atoms with Crippen molar-refractivity contribution in [2.45, 2.75) is 56.0 Å². The predicted octanol–water partition coefficient (Wildman–Crippen LogP) is 2.44. The number of aryl methyl sites for hydroxylation is 1. The van der Waals surface area contributed by atoms with Crippen molar-refractivity contribution in [2.24, 2.45) is 5.92 Å². The number of fused-ring (bicyclic) bond motifs is 1. The lowest BCUT2D eigenvalue weighted by Gasteiger charge is -2.46. The van der Waals surface area contributed by atoms with E-state index in [9.17, 15) is 22.0 Å². The van der Waals surface area contributed by atoms with E-state index < -0.39 is 26.6 Å². The van der Waals surface area contributed by atoms with Crippen LogP contribution in [0, 0.1) is 24.5 Å². The molecule has 3 fully saturated rings. The summed E-state index contributed by atoms with van der Waals surface area (Å²) in [6, 6.07) is 2.08. The van der Waals surface area contributed by atoms with Gasteiger partial charge >= 0.3 is 0 Å². The zero-order valence-electron chi connectivity index (χ0n) is 14.6. The Bertz CT molecular complexity index is 854. The highest BCUT2D eigenvalue weighted by molar-refractivity contribution is 7.89. The fourth-order valence-electron chi connectivity index (χ4n) is 4.27. The lowest BCUT2D eigenvalue weighted by molar-refractivity contribution is -0.141. The molecule has 1 aliphatic carbocycles. The minimum atomic E-state index is -4.03. The first-order valence-corrected chi connectivity index (χ1v) is 10.5. The number of rotatable bonds is 3. The van der Waals surface area contributed by atoms with Gasteiger partial charge in [0.2, 0.25) is 15.9 Å². The Kier molecular flexibility index (Phi) is 4.30. The molecule has 4 rings (SSSR count). The van der Waals surface area contributed by atoms with Gasteiger partial charge in [0.25, 0.3) is 0 Å². The second kappa shape index (κ2) is 6.27. The Hall–Kier alpha value is -1.54. The van der Waals surface area contributed by atoms with Crippen LogP contribution in [0.1, 0.15) is 37.7 Å². The molecule has 1 aromatic carbocycles. The summed E-state index contributed by atoms with van der Waals surface area (Å²) in [6.07, 6.45) is 3.71. The molecular weight excluding hydrogens is 362 g/mol. The number of hydrogen-bond donors (Lipinski definition) is 0. The molecule has 2 heterocycles. The highest BCUT2D eigenvalue weighted by atomic mass is 32.2. The van der Waals surface area contributed by atoms with Gasteiger partial charge in [-0.15, -0.1) is 0 Å². The van der Waals surface area contributed by atoms with E-state index in [-0.39, 0.29) is 36.5 Å². The van der Waals surface area contributed by atoms with E-state index in [4.69, 9.17) is 0 Å². The van der Waals surface area contributed by atoms with Crippen molar-refractivity contribution in [3.8, 4) is 0 Å². The van der Waals surface area contributed by atoms with E-state index in [2.05, 4.69) is 0 Å². The monoisotopic (exact) mass is 384 g/mol. The van der Waals surface area contributed by atoms with E-state index >= 15 is 0 Å². The fraction of sp³-hybridized carbons (Fsp3) is 0.611. The van der Waals surface area contributed by atoms with Crippen molar-refractivity contribution < 1.29 is 22.0 Å². The smallest absolute Gasteiger partial charge is 0.246 e. The number of carbonyl (C=O) groups is 1. The zero-order chi connectivity index (χ0) is 18.6. The maximum absolute atomic E-state index is 14.1. The molecule has 1 saturated carbocycles. The second-order valence-electron chi connectivity index (χ2n) is 7.58. The third kappa shape index (κ3) is 2.93. The van der Waals surface area contributed by atoms with Crippen LogP contribution in [0.2, 0.25) is 0 Å². The molecule has 0 aromatic heterocycles. The molecule has 0 N–H and O–H groups in total. The summed E-state index contributed by atoms with van der Waals surface area (Å²) < 4.78 is 54.8. The Morgan fingerprint density at radius 2 is 1.81 bits per heavy atom. The summed E-state index contributed by atoms with van der Waals surface area (Å²) >= 11 is 0. The van der Waals surface area contributed by atoms with Gasteiger partial charge in [-0.3, -0.25) is 4.79 Å². The summed E-state index contributed by atoms with van der Waals surface area (Å²) in [6.45, 7) is 1.94. The first-order valence-electron chi connectivity index (χ1n) is 9.06. The van der Waals surface area contributed by atoms with Gasteiger partial charge in [-0.1, -0.05) is 0 Å². The van der Waals surface area contributed by atoms with Crippen LogP contribution in [0.5, 0.6) is 0 Å². The van der Waals surface area contributed by atoms with E-state index in [1.165, 1.54) is 11.2 Å². The number of piperidine rings is 2. The highest BCUT2D eigenvalue weighted by Crippen LogP contribution is 2.40. The van der Waals surface area contributed by atoms with Crippen LogP contribution in [0.4, 0.5) is 8.78 Å². The predicted molar refractivity (Wildman–Crippen MR) is 90.9 cm³/mol. The summed E-state index contributed by atoms with van der Waals surface area (Å²) in [5, 5.41) is 0. The molecule has 0 spiro atoms. The first-order chi connectivity index (χ1) is 12.3. The van der Waals surface area contributed by atoms with E-state index in [0.717, 1.165) is 18.9 Å². The van der Waals surface area contributed by atoms with Gasteiger partial charge in [0, 0.05) is 37.7 Å². The van der Waals surface area contributed by atoms with Crippen LogP contribution in [-0.4, -0.2) is 48.7 Å². The number of benzene rings is 1. The molecule has 0 bridgehead atoms. The van der Waals surface area contributed by atoms with Crippen molar-refractivity contribution in [3.05, 3.63) is 29.3 Å². The van der Waals surface area contributed by atoms with Crippen LogP contribution >= 0.6 is 0 Å². The SMILES string of the molecule is Cc1cc(S(=O)(=O)N2CC[C@H]3[C@@H](CCC(=O)N3C3CC3)C2)c(F)cc1F. The van der Waals surface area contributed by atoms with Crippen molar-refractivity contribution >= 4 is 15.9 Å². The molecule has 3 aliphatic rings. The first kappa shape index (κ1) is 17.9. The molecule has 1 aromatic rings. The average molecular weight is 384 g/mol. The van der Waals surface area contributed by atoms with Gasteiger partial charge in [-0.05, 0) is 50.2 Å². The molecule has 8 heteroatoms. The van der Waals surface area contributed by atoms with Crippen molar-refractivity contribution in [3.63, 3.8) is 0 Å². The van der Waals surface area contributed by atoms with Gasteiger partial charge in [-0.25, -0.2) is 17.2 Å². The zero-order valence-corrected chi connectivity index (χ0v) is 15.4. The van der Waals surface area contributed by atoms with Crippen LogP contribution in [0.3, 0.4) is 0 Å². The van der Waals surface area contributed by atoms with Crippen LogP contribution in [0.15, 0.2) is 17.0 Å². The van der Waals surface area contributed by atoms with Gasteiger partial charge in [0.05, 0.1) is 0 Å². The van der Waals surface area contributed by atoms with Gasteiger partial charge in [0.15, 0.2) is 0 Å². The average Bonchev–Trinajstić information content (AvgIpc) is 3.42. The van der Waals surface area contributed by atoms with Crippen LogP contribution < -0.4 is 0 Å². The molecule has 0 radical (unpaired) electrons. The summed E-state index contributed by atoms with van der Waals surface area (Å²) in [4.78, 5) is 13.8. The second-order valence-corrected chi connectivity index (χ2v) is 9.49. The standard InChI is InChI=1S/C18H22F2N2O3S/c1-11-8-17(15(20)9-14(11)19)26(24,25)21-7-6-16-12(10-21)2-5-18(23)22(16)13-3-4-13/h8-9,12-13,16H,2-7,10H2,1H3/t12-,16-/m0/s1. The molecule has 142 valence electrons. The lowest BCUT2D eigenvalue weighted by atomic mass is 9.84. The number of nitrogens with zero attached hydrogens (tertiary/aromatic N) is 2. The molecule has 0 unspecified atom stereocenters. The van der Waals surface area contributed by atoms with Gasteiger partial charge in [-0.2, -0.15) is 4.31 Å². The van der Waals surface area contributed by atoms with E-state index in [1.807, 2.05) is 4.90 Å². The highest BCUT2D eigenvalue weighted by Gasteiger charge is 2.47. The Labute approximate surface area is 152 Å². The Morgan fingerprint density at radius 1 is 1.08 bits per heavy atom. The summed E-state index contributed by atoms with van der Waals surface area (Å²) in [5.41, 5.74) is 0.100. The fourth-order valence-corrected chi connectivity index (χ4v) is 5.91. The largest absolute Gasteiger partial charge is 0.336 e. The molecule has 5 nitrogen and oxygen atoms in total. The third-order valence-electron chi connectivity index (χ3n) is 5.80. The normalized spacial score (nSPS) is 27.5. The topological polar surface area (TPSA) is 57.7 Å². The number of sulfonamides is 1. The minimum Gasteiger partial charge on any atom is -0.336 e. The molecule has 2 atom stereocenters. The number of likely N-dealkylation sites (tertiary alicyclic amines) is 1. The quantitative estimate of drug-likeness (QED) is 0.804. The number of amides is 1. The molecule has 2 saturated heterocycles. The van der Waals surface area contributed by atoms with Crippen molar-refractivity contribution in [1.82, 2.24) is 9.21 Å². The maximum atomic E-state index is 14.1. The summed E-state index contributed by atoms with van der Waals surface area (Å²) in [7, 11) is -4.03. The lowest BCUT2D eigenvalue weighted by Crippen LogP contribution is -2.57. The van der Waals surface area contributed by atoms with Gasteiger partial charge < -0.3 is 4.90 Å². The van der Waals surface area contributed by atoms with E-state index in [0.29, 0.717) is 31.4 Å². The molecule has 2 aliphatic heterocycles. The third-order valence-corrected chi connectivity index (χ3v) is 7.68. The van der Waals surface area contributed by atoms with Crippen LogP contribution in [-0.2, 0) is 14.8 Å². The number of halogens is 2. The van der Waals surface area contributed by atoms with Crippen molar-refractivity contribution in [2.75, 3.05) is 13.1 Å². The minimum absolute atomic E-state index is 0.0708. The van der Waals surface area contributed by atoms with E-state index in [1.54, 1.807) is 0 Å². The number of carbonyl (C=O) groups excluding carboxylic acids is 1. The molecule has 26 heavy (non-hydrogen) atoms. The van der Waals surface area contributed by atoms with Crippen molar-refractivity contribution in [1.29, 1.82) is 0 Å².